The Morgan fingerprint density at radius 1 is 1.29 bits per heavy atom. The smallest absolute Gasteiger partial charge is 0.438 e. The van der Waals surface area contributed by atoms with Gasteiger partial charge in [-0.1, -0.05) is 34.1 Å². The third-order valence-corrected chi connectivity index (χ3v) is 2.65. The molecule has 4 nitrogen and oxygen atoms in total. The predicted molar refractivity (Wildman–Crippen MR) is 70.2 cm³/mol. The van der Waals surface area contributed by atoms with Gasteiger partial charge in [0.2, 0.25) is 0 Å². The number of benzene rings is 1. The van der Waals surface area contributed by atoms with Crippen molar-refractivity contribution in [1.82, 2.24) is 0 Å². The van der Waals surface area contributed by atoms with Gasteiger partial charge in [-0.15, -0.1) is 0 Å². The lowest BCUT2D eigenvalue weighted by Gasteiger charge is -2.22. The molecule has 17 heavy (non-hydrogen) atoms. The van der Waals surface area contributed by atoms with E-state index in [1.54, 1.807) is 6.92 Å². The van der Waals surface area contributed by atoms with Crippen molar-refractivity contribution in [1.29, 1.82) is 0 Å². The zero-order valence-electron chi connectivity index (χ0n) is 9.98. The van der Waals surface area contributed by atoms with Gasteiger partial charge in [0.15, 0.2) is 0 Å². The highest BCUT2D eigenvalue weighted by atomic mass is 79.9. The average Bonchev–Trinajstić information content (AvgIpc) is 2.36. The molecule has 1 aromatic carbocycles. The summed E-state index contributed by atoms with van der Waals surface area (Å²) in [4.78, 5) is 17.1. The van der Waals surface area contributed by atoms with E-state index in [0.29, 0.717) is 24.2 Å². The van der Waals surface area contributed by atoms with E-state index in [1.807, 2.05) is 31.2 Å². The number of ether oxygens (including phenoxy) is 1. The summed E-state index contributed by atoms with van der Waals surface area (Å²) >= 11 is 3.38. The van der Waals surface area contributed by atoms with E-state index in [1.165, 1.54) is 5.06 Å². The number of alkyl halides is 1. The van der Waals surface area contributed by atoms with Crippen LogP contribution in [0, 0.1) is 0 Å². The summed E-state index contributed by atoms with van der Waals surface area (Å²) in [6.45, 7) is 4.30. The number of nitrogens with zero attached hydrogens (tertiary/aromatic N) is 1. The lowest BCUT2D eigenvalue weighted by molar-refractivity contribution is 0.0833. The third kappa shape index (κ3) is 3.71. The standard InChI is InChI=1S/C12H16BrNO3/c1-3-16-12(15)14(17-4-2)11-8-6-5-7-10(11)9-13/h5-8H,3-4,9H2,1-2H3. The van der Waals surface area contributed by atoms with Crippen LogP contribution in [0.25, 0.3) is 0 Å². The summed E-state index contributed by atoms with van der Waals surface area (Å²) in [6.07, 6.45) is -0.497. The maximum absolute atomic E-state index is 11.8. The van der Waals surface area contributed by atoms with Crippen molar-refractivity contribution in [3.05, 3.63) is 29.8 Å². The van der Waals surface area contributed by atoms with E-state index in [4.69, 9.17) is 9.57 Å². The Hall–Kier alpha value is -1.07. The number of hydrogen-bond acceptors (Lipinski definition) is 3. The molecule has 0 atom stereocenters. The van der Waals surface area contributed by atoms with Crippen molar-refractivity contribution < 1.29 is 14.4 Å². The number of carbonyl (C=O) groups is 1. The number of halogens is 1. The molecule has 0 aliphatic rings. The second-order valence-corrected chi connectivity index (χ2v) is 3.73. The quantitative estimate of drug-likeness (QED) is 0.617. The zero-order chi connectivity index (χ0) is 12.7. The lowest BCUT2D eigenvalue weighted by Crippen LogP contribution is -2.32. The summed E-state index contributed by atoms with van der Waals surface area (Å²) in [7, 11) is 0. The first-order chi connectivity index (χ1) is 8.24. The molecule has 1 aromatic rings. The molecule has 5 heteroatoms. The van der Waals surface area contributed by atoms with Gasteiger partial charge in [-0.25, -0.2) is 4.79 Å². The highest BCUT2D eigenvalue weighted by molar-refractivity contribution is 9.08. The summed E-state index contributed by atoms with van der Waals surface area (Å²) in [5, 5.41) is 1.84. The Balaban J connectivity index is 3.00. The lowest BCUT2D eigenvalue weighted by atomic mass is 10.2. The van der Waals surface area contributed by atoms with E-state index in [-0.39, 0.29) is 0 Å². The van der Waals surface area contributed by atoms with Crippen molar-refractivity contribution in [2.75, 3.05) is 18.3 Å². The highest BCUT2D eigenvalue weighted by Crippen LogP contribution is 2.23. The zero-order valence-corrected chi connectivity index (χ0v) is 11.6. The van der Waals surface area contributed by atoms with E-state index >= 15 is 0 Å². The normalized spacial score (nSPS) is 10.1. The number of hydroxylamine groups is 1. The van der Waals surface area contributed by atoms with Crippen LogP contribution in [0.2, 0.25) is 0 Å². The fourth-order valence-corrected chi connectivity index (χ4v) is 1.83. The monoisotopic (exact) mass is 301 g/mol. The van der Waals surface area contributed by atoms with Gasteiger partial charge in [0.25, 0.3) is 0 Å². The fraction of sp³-hybridized carbons (Fsp3) is 0.417. The second kappa shape index (κ2) is 7.29. The first-order valence-electron chi connectivity index (χ1n) is 5.48. The number of para-hydroxylation sites is 1. The maximum Gasteiger partial charge on any atom is 0.438 e. The van der Waals surface area contributed by atoms with Crippen LogP contribution in [-0.2, 0) is 14.9 Å². The average molecular weight is 302 g/mol. The van der Waals surface area contributed by atoms with Crippen LogP contribution < -0.4 is 5.06 Å². The summed E-state index contributed by atoms with van der Waals surface area (Å²) in [5.41, 5.74) is 1.67. The molecule has 1 rings (SSSR count). The molecule has 0 bridgehead atoms. The topological polar surface area (TPSA) is 38.8 Å². The molecule has 0 fully saturated rings. The predicted octanol–water partition coefficient (Wildman–Crippen LogP) is 3.50. The molecule has 0 aromatic heterocycles. The highest BCUT2D eigenvalue weighted by Gasteiger charge is 2.19. The van der Waals surface area contributed by atoms with Crippen LogP contribution in [0.5, 0.6) is 0 Å². The first kappa shape index (κ1) is 14.0. The molecule has 0 spiro atoms. The van der Waals surface area contributed by atoms with E-state index in [2.05, 4.69) is 15.9 Å². The van der Waals surface area contributed by atoms with Crippen LogP contribution in [0.4, 0.5) is 10.5 Å². The molecule has 0 aliphatic carbocycles. The van der Waals surface area contributed by atoms with Crippen LogP contribution in [0.3, 0.4) is 0 Å². The minimum atomic E-state index is -0.497. The number of amides is 1. The SMILES string of the molecule is CCOC(=O)N(OCC)c1ccccc1CBr. The molecule has 0 aliphatic heterocycles. The van der Waals surface area contributed by atoms with Gasteiger partial charge in [-0.05, 0) is 25.5 Å². The molecular weight excluding hydrogens is 286 g/mol. The summed E-state index contributed by atoms with van der Waals surface area (Å²) < 4.78 is 4.96. The van der Waals surface area contributed by atoms with Crippen molar-refractivity contribution in [2.24, 2.45) is 0 Å². The Bertz CT molecular complexity index is 371. The molecule has 0 saturated heterocycles. The van der Waals surface area contributed by atoms with Crippen LogP contribution >= 0.6 is 15.9 Å². The van der Waals surface area contributed by atoms with Crippen LogP contribution in [-0.4, -0.2) is 19.3 Å². The third-order valence-electron chi connectivity index (χ3n) is 2.05. The minimum absolute atomic E-state index is 0.318. The number of hydrogen-bond donors (Lipinski definition) is 0. The molecule has 0 N–H and O–H groups in total. The van der Waals surface area contributed by atoms with Crippen molar-refractivity contribution in [3.63, 3.8) is 0 Å². The molecule has 1 amide bonds. The van der Waals surface area contributed by atoms with Gasteiger partial charge in [0.1, 0.15) is 0 Å². The Kier molecular flexibility index (Phi) is 6.00. The van der Waals surface area contributed by atoms with Gasteiger partial charge >= 0.3 is 6.09 Å². The fourth-order valence-electron chi connectivity index (χ4n) is 1.35. The van der Waals surface area contributed by atoms with Crippen LogP contribution in [0.15, 0.2) is 24.3 Å². The Labute approximate surface area is 110 Å². The van der Waals surface area contributed by atoms with Crippen LogP contribution in [0.1, 0.15) is 19.4 Å². The molecule has 0 unspecified atom stereocenters. The maximum atomic E-state index is 11.8. The minimum Gasteiger partial charge on any atom is -0.448 e. The van der Waals surface area contributed by atoms with Gasteiger partial charge in [0.05, 0.1) is 18.9 Å². The molecule has 0 saturated carbocycles. The van der Waals surface area contributed by atoms with Crippen molar-refractivity contribution >= 4 is 27.7 Å². The molecular formula is C12H16BrNO3. The van der Waals surface area contributed by atoms with E-state index < -0.39 is 6.09 Å². The van der Waals surface area contributed by atoms with Gasteiger partial charge in [0, 0.05) is 5.33 Å². The molecule has 0 heterocycles. The molecule has 0 radical (unpaired) electrons. The van der Waals surface area contributed by atoms with Crippen molar-refractivity contribution in [2.45, 2.75) is 19.2 Å². The number of carbonyl (C=O) groups excluding carboxylic acids is 1. The molecule has 94 valence electrons. The Morgan fingerprint density at radius 2 is 2.00 bits per heavy atom. The Morgan fingerprint density at radius 3 is 2.59 bits per heavy atom. The van der Waals surface area contributed by atoms with Gasteiger partial charge < -0.3 is 4.74 Å². The summed E-state index contributed by atoms with van der Waals surface area (Å²) in [6, 6.07) is 7.51. The number of rotatable bonds is 5. The van der Waals surface area contributed by atoms with Crippen molar-refractivity contribution in [3.8, 4) is 0 Å². The largest absolute Gasteiger partial charge is 0.448 e. The number of anilines is 1. The van der Waals surface area contributed by atoms with Gasteiger partial charge in [-0.2, -0.15) is 5.06 Å². The second-order valence-electron chi connectivity index (χ2n) is 3.17. The van der Waals surface area contributed by atoms with Gasteiger partial charge in [-0.3, -0.25) is 4.84 Å². The first-order valence-corrected chi connectivity index (χ1v) is 6.60. The summed E-state index contributed by atoms with van der Waals surface area (Å²) in [5.74, 6) is 0. The van der Waals surface area contributed by atoms with E-state index in [0.717, 1.165) is 5.56 Å². The van der Waals surface area contributed by atoms with E-state index in [9.17, 15) is 4.79 Å².